The highest BCUT2D eigenvalue weighted by Gasteiger charge is 2.54. The minimum absolute atomic E-state index is 0.357. The maximum absolute atomic E-state index is 10.4. The molecule has 4 rings (SSSR count). The quantitative estimate of drug-likeness (QED) is 0.675. The molecular weight excluding hydrogens is 244 g/mol. The zero-order valence-electron chi connectivity index (χ0n) is 13.4. The van der Waals surface area contributed by atoms with Gasteiger partial charge < -0.3 is 5.11 Å². The smallest absolute Gasteiger partial charge is 0.0622 e. The lowest BCUT2D eigenvalue weighted by Gasteiger charge is -2.56. The van der Waals surface area contributed by atoms with Gasteiger partial charge in [-0.2, -0.15) is 0 Å². The number of aliphatic hydroxyl groups is 1. The third-order valence-electron chi connectivity index (χ3n) is 8.02. The SMILES string of the molecule is CC1(O)CCC2C(CCC3C2CCC2(C)CCCC32)C1. The van der Waals surface area contributed by atoms with E-state index in [0.29, 0.717) is 5.41 Å². The zero-order chi connectivity index (χ0) is 14.0. The van der Waals surface area contributed by atoms with E-state index in [1.807, 2.05) is 0 Å². The van der Waals surface area contributed by atoms with Gasteiger partial charge in [0.15, 0.2) is 0 Å². The van der Waals surface area contributed by atoms with Crippen molar-refractivity contribution in [2.45, 2.75) is 83.7 Å². The van der Waals surface area contributed by atoms with Crippen LogP contribution in [0.1, 0.15) is 78.1 Å². The number of rotatable bonds is 0. The first-order valence-corrected chi connectivity index (χ1v) is 9.21. The molecule has 0 aliphatic heterocycles. The predicted octanol–water partition coefficient (Wildman–Crippen LogP) is 4.78. The lowest BCUT2D eigenvalue weighted by atomic mass is 9.50. The number of hydrogen-bond donors (Lipinski definition) is 1. The summed E-state index contributed by atoms with van der Waals surface area (Å²) in [4.78, 5) is 0. The Hall–Kier alpha value is -0.0400. The van der Waals surface area contributed by atoms with Crippen LogP contribution in [0, 0.1) is 35.0 Å². The van der Waals surface area contributed by atoms with E-state index in [1.54, 1.807) is 0 Å². The molecule has 114 valence electrons. The Morgan fingerprint density at radius 3 is 2.45 bits per heavy atom. The van der Waals surface area contributed by atoms with Crippen LogP contribution in [0.5, 0.6) is 0 Å². The van der Waals surface area contributed by atoms with Crippen molar-refractivity contribution in [3.05, 3.63) is 0 Å². The second-order valence-electron chi connectivity index (χ2n) is 9.26. The van der Waals surface area contributed by atoms with E-state index in [1.165, 1.54) is 51.4 Å². The molecule has 7 atom stereocenters. The third kappa shape index (κ3) is 1.99. The van der Waals surface area contributed by atoms with Crippen molar-refractivity contribution in [3.63, 3.8) is 0 Å². The van der Waals surface area contributed by atoms with Crippen molar-refractivity contribution >= 4 is 0 Å². The fourth-order valence-electron chi connectivity index (χ4n) is 7.07. The standard InChI is InChI=1S/C19H32O/c1-18-9-3-4-17(18)16-6-5-13-12-19(2,20)11-8-14(13)15(16)7-10-18/h13-17,20H,3-12H2,1-2H3. The minimum Gasteiger partial charge on any atom is -0.390 e. The number of fused-ring (bicyclic) bond motifs is 5. The Morgan fingerprint density at radius 1 is 0.800 bits per heavy atom. The Labute approximate surface area is 124 Å². The Bertz CT molecular complexity index is 387. The molecule has 7 unspecified atom stereocenters. The fourth-order valence-corrected chi connectivity index (χ4v) is 7.07. The Morgan fingerprint density at radius 2 is 1.60 bits per heavy atom. The molecule has 0 aromatic carbocycles. The van der Waals surface area contributed by atoms with E-state index >= 15 is 0 Å². The van der Waals surface area contributed by atoms with Gasteiger partial charge in [0.1, 0.15) is 0 Å². The summed E-state index contributed by atoms with van der Waals surface area (Å²) in [6, 6.07) is 0. The van der Waals surface area contributed by atoms with Crippen LogP contribution in [-0.4, -0.2) is 10.7 Å². The Balaban J connectivity index is 1.55. The highest BCUT2D eigenvalue weighted by atomic mass is 16.3. The van der Waals surface area contributed by atoms with E-state index in [-0.39, 0.29) is 5.60 Å². The zero-order valence-corrected chi connectivity index (χ0v) is 13.4. The second-order valence-corrected chi connectivity index (χ2v) is 9.26. The monoisotopic (exact) mass is 276 g/mol. The predicted molar refractivity (Wildman–Crippen MR) is 82.4 cm³/mol. The molecule has 0 aromatic heterocycles. The molecular formula is C19H32O. The van der Waals surface area contributed by atoms with Gasteiger partial charge in [-0.15, -0.1) is 0 Å². The van der Waals surface area contributed by atoms with Crippen LogP contribution < -0.4 is 0 Å². The lowest BCUT2D eigenvalue weighted by Crippen LogP contribution is -2.49. The maximum Gasteiger partial charge on any atom is 0.0622 e. The van der Waals surface area contributed by atoms with Gasteiger partial charge in [0.05, 0.1) is 5.60 Å². The molecule has 0 amide bonds. The van der Waals surface area contributed by atoms with Crippen molar-refractivity contribution in [2.24, 2.45) is 35.0 Å². The molecule has 0 heterocycles. The number of hydrogen-bond acceptors (Lipinski definition) is 1. The van der Waals surface area contributed by atoms with Crippen LogP contribution in [0.3, 0.4) is 0 Å². The van der Waals surface area contributed by atoms with Crippen molar-refractivity contribution in [1.82, 2.24) is 0 Å². The highest BCUT2D eigenvalue weighted by molar-refractivity contribution is 5.04. The maximum atomic E-state index is 10.4. The molecule has 0 bridgehead atoms. The summed E-state index contributed by atoms with van der Waals surface area (Å²) in [5.74, 6) is 4.90. The Kier molecular flexibility index (Phi) is 3.05. The molecule has 20 heavy (non-hydrogen) atoms. The summed E-state index contributed by atoms with van der Waals surface area (Å²) >= 11 is 0. The lowest BCUT2D eigenvalue weighted by molar-refractivity contribution is -0.0938. The summed E-state index contributed by atoms with van der Waals surface area (Å²) in [7, 11) is 0. The molecule has 1 heteroatoms. The van der Waals surface area contributed by atoms with Gasteiger partial charge in [0, 0.05) is 0 Å². The summed E-state index contributed by atoms with van der Waals surface area (Å²) in [6.07, 6.45) is 13.9. The van der Waals surface area contributed by atoms with Gasteiger partial charge in [-0.25, -0.2) is 0 Å². The van der Waals surface area contributed by atoms with E-state index in [2.05, 4.69) is 13.8 Å². The third-order valence-corrected chi connectivity index (χ3v) is 8.02. The van der Waals surface area contributed by atoms with Crippen molar-refractivity contribution < 1.29 is 5.11 Å². The van der Waals surface area contributed by atoms with Gasteiger partial charge in [-0.05, 0) is 99.7 Å². The molecule has 0 radical (unpaired) electrons. The average molecular weight is 276 g/mol. The molecule has 4 fully saturated rings. The van der Waals surface area contributed by atoms with E-state index in [4.69, 9.17) is 0 Å². The van der Waals surface area contributed by atoms with Crippen LogP contribution in [0.2, 0.25) is 0 Å². The molecule has 4 saturated carbocycles. The molecule has 0 spiro atoms. The summed E-state index contributed by atoms with van der Waals surface area (Å²) in [6.45, 7) is 4.67. The van der Waals surface area contributed by atoms with Crippen LogP contribution in [0.25, 0.3) is 0 Å². The van der Waals surface area contributed by atoms with E-state index in [0.717, 1.165) is 42.4 Å². The first-order valence-electron chi connectivity index (χ1n) is 9.21. The van der Waals surface area contributed by atoms with Gasteiger partial charge in [-0.1, -0.05) is 13.3 Å². The molecule has 1 nitrogen and oxygen atoms in total. The molecule has 0 aromatic rings. The van der Waals surface area contributed by atoms with Gasteiger partial charge in [-0.3, -0.25) is 0 Å². The van der Waals surface area contributed by atoms with E-state index < -0.39 is 0 Å². The van der Waals surface area contributed by atoms with Crippen LogP contribution in [-0.2, 0) is 0 Å². The van der Waals surface area contributed by atoms with E-state index in [9.17, 15) is 5.11 Å². The van der Waals surface area contributed by atoms with Crippen LogP contribution >= 0.6 is 0 Å². The average Bonchev–Trinajstić information content (AvgIpc) is 2.78. The highest BCUT2D eigenvalue weighted by Crippen LogP contribution is 2.62. The van der Waals surface area contributed by atoms with Crippen molar-refractivity contribution in [1.29, 1.82) is 0 Å². The first-order chi connectivity index (χ1) is 9.49. The van der Waals surface area contributed by atoms with Gasteiger partial charge in [0.2, 0.25) is 0 Å². The minimum atomic E-state index is -0.357. The fraction of sp³-hybridized carbons (Fsp3) is 1.00. The molecule has 4 aliphatic rings. The van der Waals surface area contributed by atoms with Gasteiger partial charge in [0.25, 0.3) is 0 Å². The second kappa shape index (κ2) is 4.48. The first kappa shape index (κ1) is 13.6. The van der Waals surface area contributed by atoms with Crippen molar-refractivity contribution in [2.75, 3.05) is 0 Å². The molecule has 1 N–H and O–H groups in total. The summed E-state index contributed by atoms with van der Waals surface area (Å²) in [5, 5.41) is 10.4. The summed E-state index contributed by atoms with van der Waals surface area (Å²) in [5.41, 5.74) is 0.346. The van der Waals surface area contributed by atoms with Crippen molar-refractivity contribution in [3.8, 4) is 0 Å². The van der Waals surface area contributed by atoms with Crippen LogP contribution in [0.4, 0.5) is 0 Å². The normalized spacial score (nSPS) is 58.6. The molecule has 4 aliphatic carbocycles. The largest absolute Gasteiger partial charge is 0.390 e. The van der Waals surface area contributed by atoms with Gasteiger partial charge >= 0.3 is 0 Å². The van der Waals surface area contributed by atoms with Crippen LogP contribution in [0.15, 0.2) is 0 Å². The molecule has 0 saturated heterocycles. The topological polar surface area (TPSA) is 20.2 Å². The summed E-state index contributed by atoms with van der Waals surface area (Å²) < 4.78 is 0.